The minimum atomic E-state index is -0.393. The highest BCUT2D eigenvalue weighted by Crippen LogP contribution is 2.40. The Kier molecular flexibility index (Phi) is 2.52. The zero-order chi connectivity index (χ0) is 11.1. The van der Waals surface area contributed by atoms with E-state index in [9.17, 15) is 10.1 Å². The molecule has 0 aromatic heterocycles. The lowest BCUT2D eigenvalue weighted by Gasteiger charge is -2.38. The van der Waals surface area contributed by atoms with Crippen LogP contribution in [0.1, 0.15) is 24.8 Å². The predicted molar refractivity (Wildman–Crippen MR) is 60.5 cm³/mol. The summed E-state index contributed by atoms with van der Waals surface area (Å²) >= 11 is 3.27. The molecule has 2 N–H and O–H groups in total. The number of nitro benzene ring substituents is 1. The molecule has 5 heteroatoms. The van der Waals surface area contributed by atoms with Crippen LogP contribution in [0, 0.1) is 10.1 Å². The average Bonchev–Trinajstić information content (AvgIpc) is 2.13. The summed E-state index contributed by atoms with van der Waals surface area (Å²) in [4.78, 5) is 10.3. The molecular weight excluding hydrogens is 260 g/mol. The highest BCUT2D eigenvalue weighted by Gasteiger charge is 2.35. The van der Waals surface area contributed by atoms with Crippen molar-refractivity contribution in [2.45, 2.75) is 24.8 Å². The summed E-state index contributed by atoms with van der Waals surface area (Å²) < 4.78 is 0.712. The van der Waals surface area contributed by atoms with Gasteiger partial charge in [0.05, 0.1) is 4.92 Å². The van der Waals surface area contributed by atoms with Crippen LogP contribution in [0.3, 0.4) is 0 Å². The van der Waals surface area contributed by atoms with Crippen LogP contribution >= 0.6 is 15.9 Å². The SMILES string of the molecule is NC1(c2cc(Br)cc([N+](=O)[O-])c2)CCC1. The van der Waals surface area contributed by atoms with Gasteiger partial charge in [0.15, 0.2) is 0 Å². The van der Waals surface area contributed by atoms with E-state index in [2.05, 4.69) is 15.9 Å². The van der Waals surface area contributed by atoms with E-state index in [1.165, 1.54) is 6.07 Å². The molecule has 1 aromatic carbocycles. The zero-order valence-electron chi connectivity index (χ0n) is 8.07. The largest absolute Gasteiger partial charge is 0.321 e. The highest BCUT2D eigenvalue weighted by atomic mass is 79.9. The Hall–Kier alpha value is -0.940. The molecule has 0 aliphatic heterocycles. The van der Waals surface area contributed by atoms with Crippen LogP contribution < -0.4 is 5.73 Å². The molecule has 1 aliphatic carbocycles. The summed E-state index contributed by atoms with van der Waals surface area (Å²) in [6, 6.07) is 4.93. The molecule has 1 aliphatic rings. The lowest BCUT2D eigenvalue weighted by atomic mass is 9.73. The Morgan fingerprint density at radius 1 is 1.40 bits per heavy atom. The first-order valence-electron chi connectivity index (χ1n) is 4.76. The molecule has 0 unspecified atom stereocenters. The van der Waals surface area contributed by atoms with Gasteiger partial charge in [-0.15, -0.1) is 0 Å². The smallest absolute Gasteiger partial charge is 0.270 e. The molecule has 15 heavy (non-hydrogen) atoms. The van der Waals surface area contributed by atoms with Gasteiger partial charge in [-0.1, -0.05) is 15.9 Å². The number of nitrogens with zero attached hydrogens (tertiary/aromatic N) is 1. The third-order valence-corrected chi connectivity index (χ3v) is 3.37. The van der Waals surface area contributed by atoms with Gasteiger partial charge >= 0.3 is 0 Å². The molecule has 0 spiro atoms. The van der Waals surface area contributed by atoms with Gasteiger partial charge in [-0.05, 0) is 30.9 Å². The lowest BCUT2D eigenvalue weighted by Crippen LogP contribution is -2.43. The van der Waals surface area contributed by atoms with E-state index in [1.807, 2.05) is 6.07 Å². The molecule has 1 aromatic rings. The molecule has 80 valence electrons. The maximum atomic E-state index is 10.7. The fourth-order valence-electron chi connectivity index (χ4n) is 1.81. The second-order valence-electron chi connectivity index (χ2n) is 3.96. The number of hydrogen-bond acceptors (Lipinski definition) is 3. The van der Waals surface area contributed by atoms with Crippen LogP contribution in [0.25, 0.3) is 0 Å². The Labute approximate surface area is 95.7 Å². The van der Waals surface area contributed by atoms with Gasteiger partial charge in [0, 0.05) is 22.1 Å². The Balaban J connectivity index is 2.44. The van der Waals surface area contributed by atoms with Crippen molar-refractivity contribution in [1.29, 1.82) is 0 Å². The molecule has 4 nitrogen and oxygen atoms in total. The van der Waals surface area contributed by atoms with E-state index in [1.54, 1.807) is 6.07 Å². The van der Waals surface area contributed by atoms with Crippen molar-refractivity contribution in [3.8, 4) is 0 Å². The molecule has 0 amide bonds. The maximum Gasteiger partial charge on any atom is 0.270 e. The molecule has 2 rings (SSSR count). The van der Waals surface area contributed by atoms with Crippen molar-refractivity contribution in [2.24, 2.45) is 5.73 Å². The fourth-order valence-corrected chi connectivity index (χ4v) is 2.29. The third kappa shape index (κ3) is 1.89. The summed E-state index contributed by atoms with van der Waals surface area (Å²) in [5, 5.41) is 10.7. The summed E-state index contributed by atoms with van der Waals surface area (Å²) in [5.74, 6) is 0. The minimum Gasteiger partial charge on any atom is -0.321 e. The molecule has 0 radical (unpaired) electrons. The monoisotopic (exact) mass is 270 g/mol. The number of nitro groups is 1. The topological polar surface area (TPSA) is 69.2 Å². The van der Waals surface area contributed by atoms with E-state index in [-0.39, 0.29) is 11.2 Å². The van der Waals surface area contributed by atoms with Crippen molar-refractivity contribution in [3.63, 3.8) is 0 Å². The summed E-state index contributed by atoms with van der Waals surface area (Å²) in [6.45, 7) is 0. The van der Waals surface area contributed by atoms with E-state index >= 15 is 0 Å². The Morgan fingerprint density at radius 3 is 2.53 bits per heavy atom. The minimum absolute atomic E-state index is 0.0936. The average molecular weight is 271 g/mol. The van der Waals surface area contributed by atoms with E-state index in [4.69, 9.17) is 5.73 Å². The third-order valence-electron chi connectivity index (χ3n) is 2.91. The molecule has 0 atom stereocenters. The summed E-state index contributed by atoms with van der Waals surface area (Å²) in [7, 11) is 0. The predicted octanol–water partition coefficient (Wildman–Crippen LogP) is 2.70. The molecule has 0 saturated heterocycles. The van der Waals surface area contributed by atoms with Gasteiger partial charge < -0.3 is 5.73 Å². The molecular formula is C10H11BrN2O2. The first-order chi connectivity index (χ1) is 7.01. The number of halogens is 1. The lowest BCUT2D eigenvalue weighted by molar-refractivity contribution is -0.385. The second-order valence-corrected chi connectivity index (χ2v) is 4.88. The van der Waals surface area contributed by atoms with Crippen LogP contribution in [0.15, 0.2) is 22.7 Å². The molecule has 1 saturated carbocycles. The van der Waals surface area contributed by atoms with Crippen LogP contribution in [0.2, 0.25) is 0 Å². The first-order valence-corrected chi connectivity index (χ1v) is 5.55. The van der Waals surface area contributed by atoms with Crippen LogP contribution in [-0.4, -0.2) is 4.92 Å². The maximum absolute atomic E-state index is 10.7. The fraction of sp³-hybridized carbons (Fsp3) is 0.400. The van der Waals surface area contributed by atoms with E-state index in [0.29, 0.717) is 4.47 Å². The highest BCUT2D eigenvalue weighted by molar-refractivity contribution is 9.10. The molecule has 0 bridgehead atoms. The Bertz CT molecular complexity index is 416. The van der Waals surface area contributed by atoms with Gasteiger partial charge in [0.25, 0.3) is 5.69 Å². The van der Waals surface area contributed by atoms with Crippen molar-refractivity contribution >= 4 is 21.6 Å². The quantitative estimate of drug-likeness (QED) is 0.664. The van der Waals surface area contributed by atoms with Gasteiger partial charge in [-0.2, -0.15) is 0 Å². The standard InChI is InChI=1S/C10H11BrN2O2/c11-8-4-7(10(12)2-1-3-10)5-9(6-8)13(14)15/h4-6H,1-3,12H2. The molecule has 1 fully saturated rings. The Morgan fingerprint density at radius 2 is 2.07 bits per heavy atom. The van der Waals surface area contributed by atoms with Crippen LogP contribution in [-0.2, 0) is 5.54 Å². The number of nitrogens with two attached hydrogens (primary N) is 1. The number of hydrogen-bond donors (Lipinski definition) is 1. The van der Waals surface area contributed by atoms with Crippen molar-refractivity contribution in [1.82, 2.24) is 0 Å². The number of benzene rings is 1. The number of non-ortho nitro benzene ring substituents is 1. The zero-order valence-corrected chi connectivity index (χ0v) is 9.66. The van der Waals surface area contributed by atoms with Gasteiger partial charge in [0.1, 0.15) is 0 Å². The first kappa shape index (κ1) is 10.6. The number of rotatable bonds is 2. The summed E-state index contributed by atoms with van der Waals surface area (Å²) in [6.07, 6.45) is 2.90. The van der Waals surface area contributed by atoms with Crippen LogP contribution in [0.5, 0.6) is 0 Å². The van der Waals surface area contributed by atoms with Crippen molar-refractivity contribution in [2.75, 3.05) is 0 Å². The van der Waals surface area contributed by atoms with Crippen molar-refractivity contribution in [3.05, 3.63) is 38.3 Å². The normalized spacial score (nSPS) is 18.3. The van der Waals surface area contributed by atoms with Crippen molar-refractivity contribution < 1.29 is 4.92 Å². The van der Waals surface area contributed by atoms with Gasteiger partial charge in [0.2, 0.25) is 0 Å². The van der Waals surface area contributed by atoms with E-state index < -0.39 is 4.92 Å². The summed E-state index contributed by atoms with van der Waals surface area (Å²) in [5.41, 5.74) is 6.72. The van der Waals surface area contributed by atoms with Crippen LogP contribution in [0.4, 0.5) is 5.69 Å². The molecule has 0 heterocycles. The van der Waals surface area contributed by atoms with E-state index in [0.717, 1.165) is 24.8 Å². The van der Waals surface area contributed by atoms with Gasteiger partial charge in [-0.3, -0.25) is 10.1 Å². The van der Waals surface area contributed by atoms with Gasteiger partial charge in [-0.25, -0.2) is 0 Å². The second kappa shape index (κ2) is 3.57.